The molecule has 124 valence electrons. The predicted octanol–water partition coefficient (Wildman–Crippen LogP) is 3.89. The van der Waals surface area contributed by atoms with Gasteiger partial charge in [-0.2, -0.15) is 11.3 Å². The Morgan fingerprint density at radius 3 is 2.67 bits per heavy atom. The van der Waals surface area contributed by atoms with Crippen molar-refractivity contribution >= 4 is 29.3 Å². The second kappa shape index (κ2) is 7.31. The van der Waals surface area contributed by atoms with Gasteiger partial charge in [-0.05, 0) is 60.5 Å². The van der Waals surface area contributed by atoms with Crippen molar-refractivity contribution in [2.45, 2.75) is 13.8 Å². The molecule has 0 atom stereocenters. The van der Waals surface area contributed by atoms with Crippen molar-refractivity contribution in [3.05, 3.63) is 51.8 Å². The summed E-state index contributed by atoms with van der Waals surface area (Å²) in [7, 11) is 0. The summed E-state index contributed by atoms with van der Waals surface area (Å²) in [6.45, 7) is 4.87. The smallest absolute Gasteiger partial charge is 0.363 e. The van der Waals surface area contributed by atoms with Crippen LogP contribution in [0, 0.1) is 0 Å². The molecule has 1 aromatic heterocycles. The lowest BCUT2D eigenvalue weighted by molar-refractivity contribution is -0.129. The van der Waals surface area contributed by atoms with E-state index in [1.807, 2.05) is 30.7 Å². The molecule has 0 spiro atoms. The van der Waals surface area contributed by atoms with Crippen molar-refractivity contribution < 1.29 is 19.0 Å². The summed E-state index contributed by atoms with van der Waals surface area (Å²) < 4.78 is 16.4. The fourth-order valence-electron chi connectivity index (χ4n) is 2.23. The van der Waals surface area contributed by atoms with Gasteiger partial charge in [-0.15, -0.1) is 0 Å². The number of ether oxygens (including phenoxy) is 3. The van der Waals surface area contributed by atoms with E-state index >= 15 is 0 Å². The summed E-state index contributed by atoms with van der Waals surface area (Å²) in [6, 6.07) is 7.28. The van der Waals surface area contributed by atoms with E-state index in [9.17, 15) is 4.79 Å². The molecule has 0 radical (unpaired) electrons. The number of carbonyl (C=O) groups is 1. The summed E-state index contributed by atoms with van der Waals surface area (Å²) >= 11 is 1.56. The summed E-state index contributed by atoms with van der Waals surface area (Å²) in [5.41, 5.74) is 1.89. The molecule has 0 N–H and O–H groups in total. The van der Waals surface area contributed by atoms with Crippen molar-refractivity contribution in [3.8, 4) is 11.5 Å². The SMILES string of the molecule is CCOc1ccc(C2=NC(=Cc3ccsc3)C(=O)O2)cc1OCC. The van der Waals surface area contributed by atoms with Gasteiger partial charge in [0.1, 0.15) is 0 Å². The first-order chi connectivity index (χ1) is 11.7. The lowest BCUT2D eigenvalue weighted by Gasteiger charge is -2.11. The van der Waals surface area contributed by atoms with Gasteiger partial charge < -0.3 is 14.2 Å². The number of carbonyl (C=O) groups excluding carboxylic acids is 1. The number of benzene rings is 1. The average Bonchev–Trinajstić information content (AvgIpc) is 3.20. The zero-order valence-electron chi connectivity index (χ0n) is 13.4. The number of hydrogen-bond donors (Lipinski definition) is 0. The third-order valence-corrected chi connectivity index (χ3v) is 3.96. The summed E-state index contributed by atoms with van der Waals surface area (Å²) in [5.74, 6) is 1.07. The van der Waals surface area contributed by atoms with Gasteiger partial charge in [0.25, 0.3) is 0 Å². The van der Waals surface area contributed by atoms with E-state index in [4.69, 9.17) is 14.2 Å². The van der Waals surface area contributed by atoms with Crippen molar-refractivity contribution in [2.75, 3.05) is 13.2 Å². The van der Waals surface area contributed by atoms with Crippen LogP contribution < -0.4 is 9.47 Å². The minimum Gasteiger partial charge on any atom is -0.490 e. The zero-order chi connectivity index (χ0) is 16.9. The van der Waals surface area contributed by atoms with Gasteiger partial charge >= 0.3 is 5.97 Å². The molecule has 2 aromatic rings. The highest BCUT2D eigenvalue weighted by molar-refractivity contribution is 7.08. The Hall–Kier alpha value is -2.60. The van der Waals surface area contributed by atoms with Gasteiger partial charge in [0.05, 0.1) is 13.2 Å². The van der Waals surface area contributed by atoms with E-state index < -0.39 is 5.97 Å². The van der Waals surface area contributed by atoms with E-state index in [0.717, 1.165) is 5.56 Å². The number of esters is 1. The minimum absolute atomic E-state index is 0.269. The minimum atomic E-state index is -0.456. The Labute approximate surface area is 144 Å². The van der Waals surface area contributed by atoms with Gasteiger partial charge in [-0.1, -0.05) is 0 Å². The van der Waals surface area contributed by atoms with Crippen LogP contribution in [0.5, 0.6) is 11.5 Å². The van der Waals surface area contributed by atoms with Crippen molar-refractivity contribution in [2.24, 2.45) is 4.99 Å². The molecular formula is C18H17NO4S. The molecular weight excluding hydrogens is 326 g/mol. The molecule has 3 rings (SSSR count). The molecule has 0 saturated carbocycles. The molecule has 6 heteroatoms. The van der Waals surface area contributed by atoms with Crippen LogP contribution in [-0.2, 0) is 9.53 Å². The lowest BCUT2D eigenvalue weighted by atomic mass is 10.2. The second-order valence-electron chi connectivity index (χ2n) is 4.92. The molecule has 1 aliphatic rings. The fraction of sp³-hybridized carbons (Fsp3) is 0.222. The maximum Gasteiger partial charge on any atom is 0.363 e. The first-order valence-corrected chi connectivity index (χ1v) is 8.60. The number of aliphatic imine (C=N–C) groups is 1. The molecule has 0 amide bonds. The standard InChI is InChI=1S/C18H17NO4S/c1-3-21-15-6-5-13(10-16(15)22-4-2)17-19-14(18(20)23-17)9-12-7-8-24-11-12/h5-11H,3-4H2,1-2H3. The number of hydrogen-bond acceptors (Lipinski definition) is 6. The van der Waals surface area contributed by atoms with Crippen LogP contribution in [0.3, 0.4) is 0 Å². The predicted molar refractivity (Wildman–Crippen MR) is 93.7 cm³/mol. The molecule has 0 saturated heterocycles. The van der Waals surface area contributed by atoms with Gasteiger partial charge in [0.15, 0.2) is 17.2 Å². The Bertz CT molecular complexity index is 793. The molecule has 2 heterocycles. The molecule has 24 heavy (non-hydrogen) atoms. The van der Waals surface area contributed by atoms with Crippen LogP contribution in [0.25, 0.3) is 6.08 Å². The van der Waals surface area contributed by atoms with E-state index in [1.165, 1.54) is 0 Å². The van der Waals surface area contributed by atoms with Crippen LogP contribution in [0.1, 0.15) is 25.0 Å². The largest absolute Gasteiger partial charge is 0.490 e. The summed E-state index contributed by atoms with van der Waals surface area (Å²) in [6.07, 6.45) is 1.71. The first kappa shape index (κ1) is 16.3. The lowest BCUT2D eigenvalue weighted by Crippen LogP contribution is -2.06. The van der Waals surface area contributed by atoms with Crippen LogP contribution in [0.2, 0.25) is 0 Å². The van der Waals surface area contributed by atoms with E-state index in [2.05, 4.69) is 4.99 Å². The summed E-state index contributed by atoms with van der Waals surface area (Å²) in [4.78, 5) is 16.3. The third-order valence-electron chi connectivity index (χ3n) is 3.26. The maximum absolute atomic E-state index is 12.0. The normalized spacial score (nSPS) is 15.3. The quantitative estimate of drug-likeness (QED) is 0.590. The van der Waals surface area contributed by atoms with Gasteiger partial charge in [0.2, 0.25) is 5.90 Å². The van der Waals surface area contributed by atoms with Crippen molar-refractivity contribution in [1.82, 2.24) is 0 Å². The molecule has 0 unspecified atom stereocenters. The maximum atomic E-state index is 12.0. The molecule has 1 aromatic carbocycles. The Morgan fingerprint density at radius 1 is 1.17 bits per heavy atom. The average molecular weight is 343 g/mol. The monoisotopic (exact) mass is 343 g/mol. The van der Waals surface area contributed by atoms with Crippen molar-refractivity contribution in [3.63, 3.8) is 0 Å². The highest BCUT2D eigenvalue weighted by atomic mass is 32.1. The number of nitrogens with zero attached hydrogens (tertiary/aromatic N) is 1. The highest BCUT2D eigenvalue weighted by Crippen LogP contribution is 2.30. The Balaban J connectivity index is 1.91. The summed E-state index contributed by atoms with van der Waals surface area (Å²) in [5, 5.41) is 3.88. The van der Waals surface area contributed by atoms with Gasteiger partial charge in [-0.3, -0.25) is 0 Å². The van der Waals surface area contributed by atoms with Crippen LogP contribution in [0.15, 0.2) is 45.7 Å². The number of cyclic esters (lactones) is 1. The highest BCUT2D eigenvalue weighted by Gasteiger charge is 2.25. The molecule has 0 bridgehead atoms. The molecule has 0 fully saturated rings. The van der Waals surface area contributed by atoms with E-state index in [-0.39, 0.29) is 11.6 Å². The Morgan fingerprint density at radius 2 is 1.96 bits per heavy atom. The van der Waals surface area contributed by atoms with Crippen LogP contribution >= 0.6 is 11.3 Å². The van der Waals surface area contributed by atoms with Crippen molar-refractivity contribution in [1.29, 1.82) is 0 Å². The molecule has 5 nitrogen and oxygen atoms in total. The fourth-order valence-corrected chi connectivity index (χ4v) is 2.85. The zero-order valence-corrected chi connectivity index (χ0v) is 14.3. The van der Waals surface area contributed by atoms with E-state index in [0.29, 0.717) is 30.3 Å². The first-order valence-electron chi connectivity index (χ1n) is 7.66. The van der Waals surface area contributed by atoms with Gasteiger partial charge in [0, 0.05) is 5.56 Å². The van der Waals surface area contributed by atoms with E-state index in [1.54, 1.807) is 35.6 Å². The third kappa shape index (κ3) is 3.49. The van der Waals surface area contributed by atoms with Gasteiger partial charge in [-0.25, -0.2) is 9.79 Å². The van der Waals surface area contributed by atoms with Crippen LogP contribution in [-0.4, -0.2) is 25.1 Å². The molecule has 1 aliphatic heterocycles. The number of rotatable bonds is 6. The second-order valence-corrected chi connectivity index (χ2v) is 5.70. The topological polar surface area (TPSA) is 57.1 Å². The van der Waals surface area contributed by atoms with Crippen LogP contribution in [0.4, 0.5) is 0 Å². The Kier molecular flexibility index (Phi) is 4.96. The molecule has 0 aliphatic carbocycles. The number of thiophene rings is 1.